The first-order valence-electron chi connectivity index (χ1n) is 11.1. The van der Waals surface area contributed by atoms with Crippen LogP contribution in [0.25, 0.3) is 0 Å². The molecule has 33 heavy (non-hydrogen) atoms. The standard InChI is InChI=1S/C25H32FNO5S/c1-24(2,29)14-13-21(28)16-20-9-5-17-15-18(25(3,4)30)6-12-23(17)27(20)33(31,32)22-10-7-19(26)8-11-22/h6-8,10-12,15,20,29-30H,5,9,13-14,16H2,1-4H3. The van der Waals surface area contributed by atoms with E-state index in [0.717, 1.165) is 17.7 Å². The molecule has 8 heteroatoms. The number of benzene rings is 2. The van der Waals surface area contributed by atoms with E-state index >= 15 is 0 Å². The summed E-state index contributed by atoms with van der Waals surface area (Å²) in [6.07, 6.45) is 1.43. The number of hydrogen-bond acceptors (Lipinski definition) is 5. The zero-order valence-corrected chi connectivity index (χ0v) is 20.3. The molecule has 0 bridgehead atoms. The zero-order valence-electron chi connectivity index (χ0n) is 19.5. The number of anilines is 1. The maximum atomic E-state index is 13.7. The Morgan fingerprint density at radius 2 is 1.73 bits per heavy atom. The van der Waals surface area contributed by atoms with Crippen LogP contribution in [0.2, 0.25) is 0 Å². The van der Waals surface area contributed by atoms with Gasteiger partial charge < -0.3 is 10.2 Å². The molecule has 1 aliphatic rings. The number of rotatable bonds is 8. The Morgan fingerprint density at radius 3 is 2.30 bits per heavy atom. The maximum absolute atomic E-state index is 13.7. The van der Waals surface area contributed by atoms with Crippen molar-refractivity contribution in [3.05, 3.63) is 59.4 Å². The molecule has 0 aliphatic carbocycles. The van der Waals surface area contributed by atoms with Crippen LogP contribution in [0.3, 0.4) is 0 Å². The van der Waals surface area contributed by atoms with Crippen molar-refractivity contribution in [2.45, 2.75) is 81.9 Å². The summed E-state index contributed by atoms with van der Waals surface area (Å²) in [6, 6.07) is 9.18. The van der Waals surface area contributed by atoms with Gasteiger partial charge in [-0.2, -0.15) is 0 Å². The number of carbonyl (C=O) groups is 1. The van der Waals surface area contributed by atoms with Crippen LogP contribution in [0, 0.1) is 5.82 Å². The van der Waals surface area contributed by atoms with Crippen LogP contribution in [-0.2, 0) is 26.8 Å². The van der Waals surface area contributed by atoms with E-state index in [1.165, 1.54) is 16.4 Å². The normalized spacial score (nSPS) is 17.1. The summed E-state index contributed by atoms with van der Waals surface area (Å²) in [5.74, 6) is -0.667. The predicted molar refractivity (Wildman–Crippen MR) is 125 cm³/mol. The van der Waals surface area contributed by atoms with Crippen LogP contribution in [-0.4, -0.2) is 36.1 Å². The van der Waals surface area contributed by atoms with Gasteiger partial charge in [-0.3, -0.25) is 9.10 Å². The van der Waals surface area contributed by atoms with Gasteiger partial charge in [0.25, 0.3) is 10.0 Å². The summed E-state index contributed by atoms with van der Waals surface area (Å²) in [7, 11) is -4.08. The number of aliphatic hydroxyl groups is 2. The number of fused-ring (bicyclic) bond motifs is 1. The second kappa shape index (κ2) is 9.16. The molecule has 0 saturated heterocycles. The minimum absolute atomic E-state index is 0.0171. The quantitative estimate of drug-likeness (QED) is 0.598. The van der Waals surface area contributed by atoms with Crippen molar-refractivity contribution >= 4 is 21.5 Å². The molecule has 1 heterocycles. The lowest BCUT2D eigenvalue weighted by molar-refractivity contribution is -0.120. The summed E-state index contributed by atoms with van der Waals surface area (Å²) < 4.78 is 42.0. The molecule has 180 valence electrons. The smallest absolute Gasteiger partial charge is 0.264 e. The molecular weight excluding hydrogens is 445 g/mol. The molecule has 0 amide bonds. The largest absolute Gasteiger partial charge is 0.390 e. The van der Waals surface area contributed by atoms with Gasteiger partial charge >= 0.3 is 0 Å². The fourth-order valence-electron chi connectivity index (χ4n) is 4.06. The molecule has 0 aromatic heterocycles. The highest BCUT2D eigenvalue weighted by Gasteiger charge is 2.37. The third kappa shape index (κ3) is 5.99. The lowest BCUT2D eigenvalue weighted by Gasteiger charge is -2.38. The number of Topliss-reactive ketones (excluding diaryl/α,β-unsaturated/α-hetero) is 1. The van der Waals surface area contributed by atoms with Crippen LogP contribution < -0.4 is 4.31 Å². The molecule has 0 spiro atoms. The molecule has 0 saturated carbocycles. The molecule has 2 N–H and O–H groups in total. The Labute approximate surface area is 195 Å². The highest BCUT2D eigenvalue weighted by atomic mass is 32.2. The van der Waals surface area contributed by atoms with E-state index in [-0.39, 0.29) is 29.9 Å². The van der Waals surface area contributed by atoms with Gasteiger partial charge in [-0.1, -0.05) is 12.1 Å². The van der Waals surface area contributed by atoms with E-state index in [1.54, 1.807) is 45.9 Å². The first-order chi connectivity index (χ1) is 15.2. The van der Waals surface area contributed by atoms with Crippen LogP contribution >= 0.6 is 0 Å². The molecule has 3 rings (SSSR count). The van der Waals surface area contributed by atoms with Crippen molar-refractivity contribution in [3.8, 4) is 0 Å². The number of halogens is 1. The molecule has 0 fully saturated rings. The van der Waals surface area contributed by atoms with E-state index in [2.05, 4.69) is 0 Å². The second-order valence-electron chi connectivity index (χ2n) is 9.91. The van der Waals surface area contributed by atoms with E-state index < -0.39 is 33.1 Å². The average molecular weight is 478 g/mol. The Kier molecular flexibility index (Phi) is 7.03. The number of hydrogen-bond donors (Lipinski definition) is 2. The first-order valence-corrected chi connectivity index (χ1v) is 12.5. The topological polar surface area (TPSA) is 94.9 Å². The third-order valence-corrected chi connectivity index (χ3v) is 7.83. The predicted octanol–water partition coefficient (Wildman–Crippen LogP) is 4.07. The summed E-state index contributed by atoms with van der Waals surface area (Å²) >= 11 is 0. The number of sulfonamides is 1. The van der Waals surface area contributed by atoms with Gasteiger partial charge in [0.05, 0.1) is 27.8 Å². The van der Waals surface area contributed by atoms with Crippen molar-refractivity contribution in [1.82, 2.24) is 0 Å². The lowest BCUT2D eigenvalue weighted by Crippen LogP contribution is -2.45. The Balaban J connectivity index is 2.02. The fourth-order valence-corrected chi connectivity index (χ4v) is 5.78. The minimum Gasteiger partial charge on any atom is -0.390 e. The lowest BCUT2D eigenvalue weighted by atomic mass is 9.89. The Hall–Kier alpha value is -2.29. The monoisotopic (exact) mass is 477 g/mol. The highest BCUT2D eigenvalue weighted by molar-refractivity contribution is 7.92. The van der Waals surface area contributed by atoms with Crippen LogP contribution in [0.15, 0.2) is 47.4 Å². The molecule has 1 unspecified atom stereocenters. The van der Waals surface area contributed by atoms with Gasteiger partial charge in [0.15, 0.2) is 0 Å². The van der Waals surface area contributed by atoms with E-state index in [9.17, 15) is 27.8 Å². The summed E-state index contributed by atoms with van der Waals surface area (Å²) in [5, 5.41) is 20.3. The molecule has 1 atom stereocenters. The molecule has 6 nitrogen and oxygen atoms in total. The van der Waals surface area contributed by atoms with Crippen LogP contribution in [0.1, 0.15) is 64.5 Å². The first kappa shape index (κ1) is 25.3. The third-order valence-electron chi connectivity index (χ3n) is 5.95. The second-order valence-corrected chi connectivity index (χ2v) is 11.7. The van der Waals surface area contributed by atoms with E-state index in [4.69, 9.17) is 0 Å². The van der Waals surface area contributed by atoms with E-state index in [1.807, 2.05) is 0 Å². The van der Waals surface area contributed by atoms with Crippen LogP contribution in [0.4, 0.5) is 10.1 Å². The fraction of sp³-hybridized carbons (Fsp3) is 0.480. The van der Waals surface area contributed by atoms with Gasteiger partial charge in [0, 0.05) is 12.8 Å². The summed E-state index contributed by atoms with van der Waals surface area (Å²) in [6.45, 7) is 6.58. The van der Waals surface area contributed by atoms with Gasteiger partial charge in [0.2, 0.25) is 0 Å². The summed E-state index contributed by atoms with van der Waals surface area (Å²) in [4.78, 5) is 12.6. The van der Waals surface area contributed by atoms with Crippen molar-refractivity contribution in [3.63, 3.8) is 0 Å². The molecule has 2 aromatic rings. The Bertz CT molecular complexity index is 1110. The summed E-state index contributed by atoms with van der Waals surface area (Å²) in [5.41, 5.74) is -0.179. The Morgan fingerprint density at radius 1 is 1.09 bits per heavy atom. The zero-order chi connectivity index (χ0) is 24.6. The van der Waals surface area contributed by atoms with Gasteiger partial charge in [-0.05, 0) is 88.4 Å². The molecule has 1 aliphatic heterocycles. The van der Waals surface area contributed by atoms with Gasteiger partial charge in [-0.15, -0.1) is 0 Å². The van der Waals surface area contributed by atoms with Gasteiger partial charge in [-0.25, -0.2) is 12.8 Å². The van der Waals surface area contributed by atoms with E-state index in [0.29, 0.717) is 24.1 Å². The van der Waals surface area contributed by atoms with Crippen molar-refractivity contribution in [1.29, 1.82) is 0 Å². The van der Waals surface area contributed by atoms with Crippen molar-refractivity contribution < 1.29 is 27.8 Å². The SMILES string of the molecule is CC(C)(O)CCC(=O)CC1CCc2cc(C(C)(C)O)ccc2N1S(=O)(=O)c1ccc(F)cc1. The van der Waals surface area contributed by atoms with Gasteiger partial charge in [0.1, 0.15) is 11.6 Å². The highest BCUT2D eigenvalue weighted by Crippen LogP contribution is 2.38. The molecular formula is C25H32FNO5S. The van der Waals surface area contributed by atoms with Crippen molar-refractivity contribution in [2.75, 3.05) is 4.31 Å². The number of carbonyl (C=O) groups excluding carboxylic acids is 1. The molecule has 2 aromatic carbocycles. The maximum Gasteiger partial charge on any atom is 0.264 e. The molecule has 0 radical (unpaired) electrons. The number of nitrogens with zero attached hydrogens (tertiary/aromatic N) is 1. The number of ketones is 1. The van der Waals surface area contributed by atoms with Crippen LogP contribution in [0.5, 0.6) is 0 Å². The number of aryl methyl sites for hydroxylation is 1. The average Bonchev–Trinajstić information content (AvgIpc) is 2.70. The van der Waals surface area contributed by atoms with Crippen molar-refractivity contribution in [2.24, 2.45) is 0 Å². The minimum atomic E-state index is -4.08.